The van der Waals surface area contributed by atoms with Gasteiger partial charge in [0.2, 0.25) is 0 Å². The molecule has 0 saturated heterocycles. The number of halogens is 1. The molecule has 0 unspecified atom stereocenters. The Morgan fingerprint density at radius 2 is 1.82 bits per heavy atom. The molecular weight excluding hydrogens is 295 g/mol. The molecule has 0 aliphatic rings. The average Bonchev–Trinajstić information content (AvgIpc) is 2.87. The van der Waals surface area contributed by atoms with Crippen molar-refractivity contribution in [3.05, 3.63) is 59.0 Å². The SMILES string of the molecule is Cc1ccc2c(C(C)C)c(C=S)c(-c3ccc(F)cc3)nn12. The number of benzene rings is 1. The largest absolute Gasteiger partial charge is 0.237 e. The molecule has 0 aliphatic heterocycles. The van der Waals surface area contributed by atoms with Crippen LogP contribution >= 0.6 is 12.2 Å². The van der Waals surface area contributed by atoms with Gasteiger partial charge < -0.3 is 0 Å². The van der Waals surface area contributed by atoms with Crippen molar-refractivity contribution in [2.75, 3.05) is 0 Å². The van der Waals surface area contributed by atoms with Crippen LogP contribution in [0.1, 0.15) is 36.6 Å². The second-order valence-electron chi connectivity index (χ2n) is 5.73. The van der Waals surface area contributed by atoms with Gasteiger partial charge in [0.05, 0.1) is 11.2 Å². The zero-order chi connectivity index (χ0) is 15.9. The summed E-state index contributed by atoms with van der Waals surface area (Å²) in [6, 6.07) is 10.5. The third-order valence-corrected chi connectivity index (χ3v) is 4.11. The van der Waals surface area contributed by atoms with Crippen LogP contribution in [0.4, 0.5) is 4.39 Å². The molecule has 22 heavy (non-hydrogen) atoms. The van der Waals surface area contributed by atoms with Gasteiger partial charge in [0.25, 0.3) is 0 Å². The smallest absolute Gasteiger partial charge is 0.123 e. The van der Waals surface area contributed by atoms with Gasteiger partial charge in [-0.1, -0.05) is 26.1 Å². The summed E-state index contributed by atoms with van der Waals surface area (Å²) in [6.45, 7) is 6.32. The van der Waals surface area contributed by atoms with Gasteiger partial charge >= 0.3 is 0 Å². The Hall–Kier alpha value is -2.07. The minimum atomic E-state index is -0.255. The first-order valence-electron chi connectivity index (χ1n) is 7.26. The lowest BCUT2D eigenvalue weighted by molar-refractivity contribution is 0.628. The van der Waals surface area contributed by atoms with E-state index in [9.17, 15) is 4.39 Å². The normalized spacial score (nSPS) is 11.3. The van der Waals surface area contributed by atoms with Gasteiger partial charge in [0.1, 0.15) is 5.82 Å². The van der Waals surface area contributed by atoms with Crippen molar-refractivity contribution in [1.82, 2.24) is 9.61 Å². The van der Waals surface area contributed by atoms with Crippen molar-refractivity contribution in [1.29, 1.82) is 0 Å². The number of fused-ring (bicyclic) bond motifs is 1. The highest BCUT2D eigenvalue weighted by atomic mass is 32.1. The van der Waals surface area contributed by atoms with E-state index in [4.69, 9.17) is 17.3 Å². The van der Waals surface area contributed by atoms with Crippen LogP contribution in [-0.2, 0) is 0 Å². The highest BCUT2D eigenvalue weighted by molar-refractivity contribution is 7.79. The van der Waals surface area contributed by atoms with E-state index in [1.54, 1.807) is 17.5 Å². The summed E-state index contributed by atoms with van der Waals surface area (Å²) in [5, 5.41) is 6.43. The Kier molecular flexibility index (Phi) is 3.79. The molecule has 0 amide bonds. The van der Waals surface area contributed by atoms with Gasteiger partial charge in [-0.25, -0.2) is 8.91 Å². The quantitative estimate of drug-likeness (QED) is 0.639. The van der Waals surface area contributed by atoms with E-state index in [1.807, 2.05) is 11.4 Å². The van der Waals surface area contributed by atoms with Gasteiger partial charge in [0, 0.05) is 22.2 Å². The van der Waals surface area contributed by atoms with Gasteiger partial charge in [-0.15, -0.1) is 0 Å². The molecule has 0 atom stereocenters. The van der Waals surface area contributed by atoms with E-state index in [2.05, 4.69) is 26.0 Å². The van der Waals surface area contributed by atoms with Crippen molar-refractivity contribution in [3.63, 3.8) is 0 Å². The van der Waals surface area contributed by atoms with E-state index in [-0.39, 0.29) is 5.82 Å². The first kappa shape index (κ1) is 14.9. The van der Waals surface area contributed by atoms with E-state index in [0.29, 0.717) is 5.92 Å². The summed E-state index contributed by atoms with van der Waals surface area (Å²) in [7, 11) is 0. The topological polar surface area (TPSA) is 17.3 Å². The van der Waals surface area contributed by atoms with Gasteiger partial charge in [-0.2, -0.15) is 5.10 Å². The fourth-order valence-electron chi connectivity index (χ4n) is 2.83. The first-order valence-corrected chi connectivity index (χ1v) is 7.73. The maximum atomic E-state index is 13.2. The van der Waals surface area contributed by atoms with Crippen LogP contribution in [0.15, 0.2) is 36.4 Å². The van der Waals surface area contributed by atoms with E-state index >= 15 is 0 Å². The van der Waals surface area contributed by atoms with Crippen LogP contribution in [0.25, 0.3) is 16.8 Å². The highest BCUT2D eigenvalue weighted by Crippen LogP contribution is 2.31. The fourth-order valence-corrected chi connectivity index (χ4v) is 3.07. The lowest BCUT2D eigenvalue weighted by atomic mass is 9.94. The predicted molar refractivity (Wildman–Crippen MR) is 92.2 cm³/mol. The van der Waals surface area contributed by atoms with Crippen molar-refractivity contribution in [2.45, 2.75) is 26.7 Å². The molecule has 0 fully saturated rings. The number of nitrogens with zero attached hydrogens (tertiary/aromatic N) is 2. The van der Waals surface area contributed by atoms with Crippen molar-refractivity contribution >= 4 is 23.1 Å². The first-order chi connectivity index (χ1) is 10.5. The van der Waals surface area contributed by atoms with Gasteiger partial charge in [0.15, 0.2) is 0 Å². The van der Waals surface area contributed by atoms with Crippen LogP contribution < -0.4 is 0 Å². The Bertz CT molecular complexity index is 848. The molecule has 0 bridgehead atoms. The van der Waals surface area contributed by atoms with E-state index < -0.39 is 0 Å². The molecule has 0 N–H and O–H groups in total. The second kappa shape index (κ2) is 5.61. The number of hydrogen-bond donors (Lipinski definition) is 0. The molecule has 2 aromatic heterocycles. The average molecular weight is 312 g/mol. The molecular formula is C18H17FN2S. The standard InChI is InChI=1S/C18H17FN2S/c1-11(2)17-15(10-22)18(13-5-7-14(19)8-6-13)20-21-12(3)4-9-16(17)21/h4-11H,1-3H3. The van der Waals surface area contributed by atoms with Crippen LogP contribution in [-0.4, -0.2) is 15.0 Å². The lowest BCUT2D eigenvalue weighted by Crippen LogP contribution is -2.07. The number of thiocarbonyl (C=S) groups is 1. The van der Waals surface area contributed by atoms with Crippen LogP contribution in [0.3, 0.4) is 0 Å². The molecule has 2 nitrogen and oxygen atoms in total. The number of aryl methyl sites for hydroxylation is 1. The van der Waals surface area contributed by atoms with Crippen LogP contribution in [0, 0.1) is 12.7 Å². The van der Waals surface area contributed by atoms with Gasteiger partial charge in [-0.3, -0.25) is 0 Å². The molecule has 112 valence electrons. The third-order valence-electron chi connectivity index (χ3n) is 3.88. The Morgan fingerprint density at radius 1 is 1.14 bits per heavy atom. The Morgan fingerprint density at radius 3 is 2.41 bits per heavy atom. The maximum absolute atomic E-state index is 13.2. The molecule has 1 aromatic carbocycles. The zero-order valence-electron chi connectivity index (χ0n) is 12.8. The number of aromatic nitrogens is 2. The van der Waals surface area contributed by atoms with Crippen LogP contribution in [0.5, 0.6) is 0 Å². The summed E-state index contributed by atoms with van der Waals surface area (Å²) in [5.74, 6) is 0.0585. The fraction of sp³-hybridized carbons (Fsp3) is 0.222. The number of hydrogen-bond acceptors (Lipinski definition) is 2. The summed E-state index contributed by atoms with van der Waals surface area (Å²) in [4.78, 5) is 0. The molecule has 0 saturated carbocycles. The molecule has 3 rings (SSSR count). The molecule has 2 heterocycles. The molecule has 4 heteroatoms. The van der Waals surface area contributed by atoms with Crippen molar-refractivity contribution < 1.29 is 4.39 Å². The Labute approximate surface area is 134 Å². The van der Waals surface area contributed by atoms with E-state index in [0.717, 1.165) is 28.0 Å². The summed E-state index contributed by atoms with van der Waals surface area (Å²) < 4.78 is 15.1. The summed E-state index contributed by atoms with van der Waals surface area (Å²) >= 11 is 5.26. The van der Waals surface area contributed by atoms with Gasteiger partial charge in [-0.05, 0) is 54.8 Å². The zero-order valence-corrected chi connectivity index (χ0v) is 13.6. The summed E-state index contributed by atoms with van der Waals surface area (Å²) in [6.07, 6.45) is 0. The molecule has 3 aromatic rings. The second-order valence-corrected chi connectivity index (χ2v) is 5.96. The minimum absolute atomic E-state index is 0.255. The Balaban J connectivity index is 2.40. The van der Waals surface area contributed by atoms with Crippen molar-refractivity contribution in [2.24, 2.45) is 0 Å². The monoisotopic (exact) mass is 312 g/mol. The highest BCUT2D eigenvalue weighted by Gasteiger charge is 2.18. The molecule has 0 aliphatic carbocycles. The molecule has 0 spiro atoms. The van der Waals surface area contributed by atoms with Crippen LogP contribution in [0.2, 0.25) is 0 Å². The van der Waals surface area contributed by atoms with E-state index in [1.165, 1.54) is 17.7 Å². The summed E-state index contributed by atoms with van der Waals surface area (Å²) in [5.41, 5.74) is 5.94. The minimum Gasteiger partial charge on any atom is -0.237 e. The number of rotatable bonds is 3. The predicted octanol–water partition coefficient (Wildman–Crippen LogP) is 4.92. The molecule has 0 radical (unpaired) electrons. The third kappa shape index (κ3) is 2.33. The maximum Gasteiger partial charge on any atom is 0.123 e. The van der Waals surface area contributed by atoms with Crippen molar-refractivity contribution in [3.8, 4) is 11.3 Å². The lowest BCUT2D eigenvalue weighted by Gasteiger charge is -2.16.